The number of carbonyl (C=O) groups is 1. The first kappa shape index (κ1) is 18.0. The van der Waals surface area contributed by atoms with E-state index >= 15 is 0 Å². The molecule has 3 aliphatic rings. The summed E-state index contributed by atoms with van der Waals surface area (Å²) in [4.78, 5) is 24.1. The third-order valence-electron chi connectivity index (χ3n) is 7.64. The van der Waals surface area contributed by atoms with Crippen LogP contribution in [0.25, 0.3) is 11.0 Å². The number of rotatable bonds is 5. The fourth-order valence-corrected chi connectivity index (χ4v) is 5.83. The number of hydrogen-bond acceptors (Lipinski definition) is 4. The van der Waals surface area contributed by atoms with Crippen LogP contribution in [0.15, 0.2) is 12.3 Å². The highest BCUT2D eigenvalue weighted by molar-refractivity contribution is 5.98. The molecule has 3 atom stereocenters. The first-order chi connectivity index (χ1) is 13.5. The van der Waals surface area contributed by atoms with Crippen LogP contribution in [-0.2, 0) is 5.54 Å². The van der Waals surface area contributed by atoms with Gasteiger partial charge >= 0.3 is 0 Å². The van der Waals surface area contributed by atoms with Crippen LogP contribution in [0.3, 0.4) is 0 Å². The van der Waals surface area contributed by atoms with E-state index in [1.165, 1.54) is 32.1 Å². The Morgan fingerprint density at radius 3 is 2.71 bits per heavy atom. The van der Waals surface area contributed by atoms with Crippen LogP contribution in [0.2, 0.25) is 0 Å². The molecule has 150 valence electrons. The second-order valence-electron chi connectivity index (χ2n) is 9.39. The van der Waals surface area contributed by atoms with Crippen molar-refractivity contribution < 1.29 is 4.79 Å². The Kier molecular flexibility index (Phi) is 4.14. The van der Waals surface area contributed by atoms with Gasteiger partial charge in [0.05, 0.1) is 0 Å². The Morgan fingerprint density at radius 2 is 2.14 bits per heavy atom. The number of nitrogens with zero attached hydrogens (tertiary/aromatic N) is 4. The van der Waals surface area contributed by atoms with E-state index < -0.39 is 0 Å². The average molecular weight is 382 g/mol. The molecule has 3 unspecified atom stereocenters. The predicted molar refractivity (Wildman–Crippen MR) is 111 cm³/mol. The van der Waals surface area contributed by atoms with Crippen LogP contribution in [0, 0.1) is 11.8 Å². The summed E-state index contributed by atoms with van der Waals surface area (Å²) in [6, 6.07) is 2.49. The molecule has 2 bridgehead atoms. The van der Waals surface area contributed by atoms with Crippen molar-refractivity contribution in [1.29, 1.82) is 0 Å². The van der Waals surface area contributed by atoms with Gasteiger partial charge in [-0.2, -0.15) is 4.98 Å². The van der Waals surface area contributed by atoms with Crippen molar-refractivity contribution in [3.63, 3.8) is 0 Å². The number of anilines is 1. The van der Waals surface area contributed by atoms with E-state index in [1.807, 2.05) is 26.4 Å². The van der Waals surface area contributed by atoms with Gasteiger partial charge in [-0.05, 0) is 62.8 Å². The Labute approximate surface area is 166 Å². The zero-order chi connectivity index (χ0) is 19.5. The molecule has 3 fully saturated rings. The largest absolute Gasteiger partial charge is 0.351 e. The number of hydrogen-bond donors (Lipinski definition) is 1. The summed E-state index contributed by atoms with van der Waals surface area (Å²) in [6.07, 6.45) is 11.7. The van der Waals surface area contributed by atoms with E-state index in [4.69, 9.17) is 4.98 Å². The Bertz CT molecular complexity index is 908. The quantitative estimate of drug-likeness (QED) is 0.850. The van der Waals surface area contributed by atoms with Crippen molar-refractivity contribution in [1.82, 2.24) is 19.4 Å². The molecule has 2 aromatic heterocycles. The lowest BCUT2D eigenvalue weighted by Crippen LogP contribution is -2.42. The minimum Gasteiger partial charge on any atom is -0.351 e. The van der Waals surface area contributed by atoms with Gasteiger partial charge in [0.1, 0.15) is 11.3 Å². The number of aromatic nitrogens is 3. The predicted octanol–water partition coefficient (Wildman–Crippen LogP) is 4.02. The Balaban J connectivity index is 1.56. The first-order valence-electron chi connectivity index (χ1n) is 10.9. The van der Waals surface area contributed by atoms with E-state index in [-0.39, 0.29) is 11.4 Å². The highest BCUT2D eigenvalue weighted by Crippen LogP contribution is 2.46. The maximum atomic E-state index is 12.9. The van der Waals surface area contributed by atoms with E-state index in [0.29, 0.717) is 6.04 Å². The molecule has 0 aliphatic heterocycles. The van der Waals surface area contributed by atoms with Crippen molar-refractivity contribution in [2.45, 2.75) is 69.9 Å². The minimum absolute atomic E-state index is 0.0147. The number of fused-ring (bicyclic) bond motifs is 3. The average Bonchev–Trinajstić information content (AvgIpc) is 3.35. The van der Waals surface area contributed by atoms with Gasteiger partial charge in [-0.15, -0.1) is 0 Å². The lowest BCUT2D eigenvalue weighted by Gasteiger charge is -2.44. The van der Waals surface area contributed by atoms with Gasteiger partial charge in [-0.1, -0.05) is 13.3 Å². The number of amides is 1. The van der Waals surface area contributed by atoms with Gasteiger partial charge in [-0.25, -0.2) is 4.98 Å². The van der Waals surface area contributed by atoms with Crippen molar-refractivity contribution in [3.8, 4) is 0 Å². The smallest absolute Gasteiger partial charge is 0.270 e. The fraction of sp³-hybridized carbons (Fsp3) is 0.682. The van der Waals surface area contributed by atoms with Gasteiger partial charge in [0.2, 0.25) is 5.95 Å². The molecule has 6 nitrogen and oxygen atoms in total. The lowest BCUT2D eigenvalue weighted by molar-refractivity contribution is 0.0780. The Hall–Kier alpha value is -2.11. The van der Waals surface area contributed by atoms with Crippen molar-refractivity contribution in [2.75, 3.05) is 19.4 Å². The zero-order valence-electron chi connectivity index (χ0n) is 17.2. The van der Waals surface area contributed by atoms with Gasteiger partial charge in [0.25, 0.3) is 5.91 Å². The summed E-state index contributed by atoms with van der Waals surface area (Å²) < 4.78 is 2.24. The van der Waals surface area contributed by atoms with E-state index in [2.05, 4.69) is 21.8 Å². The Morgan fingerprint density at radius 1 is 1.32 bits per heavy atom. The van der Waals surface area contributed by atoms with Gasteiger partial charge in [0, 0.05) is 37.3 Å². The summed E-state index contributed by atoms with van der Waals surface area (Å²) in [5.74, 6) is 2.42. The molecule has 2 heterocycles. The molecule has 0 radical (unpaired) electrons. The summed E-state index contributed by atoms with van der Waals surface area (Å²) in [6.45, 7) is 2.23. The summed E-state index contributed by atoms with van der Waals surface area (Å²) >= 11 is 0. The van der Waals surface area contributed by atoms with Gasteiger partial charge in [0.15, 0.2) is 0 Å². The number of carbonyl (C=O) groups excluding carboxylic acids is 1. The highest BCUT2D eigenvalue weighted by Gasteiger charge is 2.42. The van der Waals surface area contributed by atoms with Gasteiger partial charge in [-0.3, -0.25) is 4.79 Å². The summed E-state index contributed by atoms with van der Waals surface area (Å²) in [7, 11) is 3.63. The third-order valence-corrected chi connectivity index (χ3v) is 7.64. The van der Waals surface area contributed by atoms with E-state index in [0.717, 1.165) is 53.8 Å². The molecule has 2 aromatic rings. The van der Waals surface area contributed by atoms with E-state index in [9.17, 15) is 4.79 Å². The highest BCUT2D eigenvalue weighted by atomic mass is 16.2. The van der Waals surface area contributed by atoms with Crippen LogP contribution < -0.4 is 5.32 Å². The van der Waals surface area contributed by atoms with Crippen molar-refractivity contribution in [3.05, 3.63) is 18.0 Å². The maximum absolute atomic E-state index is 12.9. The summed E-state index contributed by atoms with van der Waals surface area (Å²) in [5, 5.41) is 4.59. The molecule has 3 aliphatic carbocycles. The molecule has 1 N–H and O–H groups in total. The molecule has 1 amide bonds. The lowest BCUT2D eigenvalue weighted by atomic mass is 9.74. The second kappa shape index (κ2) is 6.46. The molecule has 0 spiro atoms. The SMILES string of the molecule is CCC1(n2c(C(=O)N(C)C)cc3cnc(NC4CC5CCC4C5)nc32)CCC1. The van der Waals surface area contributed by atoms with Crippen molar-refractivity contribution >= 4 is 22.9 Å². The zero-order valence-corrected chi connectivity index (χ0v) is 17.2. The van der Waals surface area contributed by atoms with Crippen molar-refractivity contribution in [2.24, 2.45) is 11.8 Å². The third kappa shape index (κ3) is 2.64. The standard InChI is InChI=1S/C22H31N5O/c1-4-22(8-5-9-22)27-18(20(28)26(2)3)12-16-13-23-21(25-19(16)27)24-17-11-14-6-7-15(17)10-14/h12-15,17H,4-11H2,1-3H3,(H,23,24,25). The van der Waals surface area contributed by atoms with Crippen LogP contribution in [0.4, 0.5) is 5.95 Å². The molecule has 3 saturated carbocycles. The second-order valence-corrected chi connectivity index (χ2v) is 9.39. The fourth-order valence-electron chi connectivity index (χ4n) is 5.83. The normalized spacial score (nSPS) is 27.8. The van der Waals surface area contributed by atoms with Crippen LogP contribution in [-0.4, -0.2) is 45.5 Å². The maximum Gasteiger partial charge on any atom is 0.270 e. The summed E-state index contributed by atoms with van der Waals surface area (Å²) in [5.41, 5.74) is 1.67. The number of nitrogens with one attached hydrogen (secondary N) is 1. The molecule has 0 aromatic carbocycles. The van der Waals surface area contributed by atoms with Crippen LogP contribution in [0.5, 0.6) is 0 Å². The molecule has 28 heavy (non-hydrogen) atoms. The topological polar surface area (TPSA) is 63.1 Å². The van der Waals surface area contributed by atoms with Crippen LogP contribution in [0.1, 0.15) is 68.8 Å². The monoisotopic (exact) mass is 381 g/mol. The first-order valence-corrected chi connectivity index (χ1v) is 10.9. The molecule has 6 heteroatoms. The molecular weight excluding hydrogens is 350 g/mol. The van der Waals surface area contributed by atoms with Gasteiger partial charge < -0.3 is 14.8 Å². The minimum atomic E-state index is 0.0147. The van der Waals surface area contributed by atoms with E-state index in [1.54, 1.807) is 4.90 Å². The molecule has 5 rings (SSSR count). The molecule has 0 saturated heterocycles. The molecular formula is C22H31N5O. The van der Waals surface area contributed by atoms with Crippen LogP contribution >= 0.6 is 0 Å².